The standard InChI is InChI=1S/C11H9Br2F2NO2/c12-7-2-1-6(5-9(7)18-11(14)15)16-4-3-8(13)10(16)17/h1-2,5,8,11H,3-4H2. The lowest BCUT2D eigenvalue weighted by atomic mass is 10.3. The van der Waals surface area contributed by atoms with Crippen molar-refractivity contribution in [3.63, 3.8) is 0 Å². The Morgan fingerprint density at radius 1 is 1.44 bits per heavy atom. The molecule has 0 aliphatic carbocycles. The van der Waals surface area contributed by atoms with Gasteiger partial charge in [0.1, 0.15) is 5.75 Å². The van der Waals surface area contributed by atoms with Gasteiger partial charge in [0, 0.05) is 18.3 Å². The van der Waals surface area contributed by atoms with E-state index in [1.807, 2.05) is 0 Å². The lowest BCUT2D eigenvalue weighted by molar-refractivity contribution is -0.116. The zero-order valence-electron chi connectivity index (χ0n) is 9.08. The normalized spacial score (nSPS) is 19.7. The summed E-state index contributed by atoms with van der Waals surface area (Å²) in [7, 11) is 0. The molecule has 2 rings (SSSR count). The molecule has 1 atom stereocenters. The number of nitrogens with zero attached hydrogens (tertiary/aromatic N) is 1. The minimum Gasteiger partial charge on any atom is -0.434 e. The minimum absolute atomic E-state index is 0.0216. The molecule has 7 heteroatoms. The second-order valence-corrected chi connectivity index (χ2v) is 5.70. The Labute approximate surface area is 119 Å². The first kappa shape index (κ1) is 13.7. The van der Waals surface area contributed by atoms with Gasteiger partial charge in [-0.05, 0) is 34.5 Å². The molecule has 1 aliphatic heterocycles. The maximum atomic E-state index is 12.2. The summed E-state index contributed by atoms with van der Waals surface area (Å²) in [6.07, 6.45) is 0.694. The van der Waals surface area contributed by atoms with Crippen LogP contribution in [-0.2, 0) is 4.79 Å². The maximum absolute atomic E-state index is 12.2. The Morgan fingerprint density at radius 3 is 2.72 bits per heavy atom. The van der Waals surface area contributed by atoms with Gasteiger partial charge in [0.25, 0.3) is 0 Å². The topological polar surface area (TPSA) is 29.5 Å². The highest BCUT2D eigenvalue weighted by molar-refractivity contribution is 9.10. The molecule has 3 nitrogen and oxygen atoms in total. The Bertz CT molecular complexity index is 470. The Hall–Kier alpha value is -0.690. The molecule has 0 spiro atoms. The van der Waals surface area contributed by atoms with Gasteiger partial charge in [-0.2, -0.15) is 8.78 Å². The molecule has 1 aromatic rings. The van der Waals surface area contributed by atoms with Crippen LogP contribution in [-0.4, -0.2) is 23.9 Å². The van der Waals surface area contributed by atoms with Crippen LogP contribution < -0.4 is 9.64 Å². The Kier molecular flexibility index (Phi) is 4.21. The van der Waals surface area contributed by atoms with Gasteiger partial charge >= 0.3 is 6.61 Å². The molecule has 0 radical (unpaired) electrons. The number of carbonyl (C=O) groups is 1. The van der Waals surface area contributed by atoms with E-state index in [-0.39, 0.29) is 16.5 Å². The number of benzene rings is 1. The van der Waals surface area contributed by atoms with E-state index in [4.69, 9.17) is 0 Å². The van der Waals surface area contributed by atoms with Crippen molar-refractivity contribution in [2.75, 3.05) is 11.4 Å². The quantitative estimate of drug-likeness (QED) is 0.746. The van der Waals surface area contributed by atoms with Gasteiger partial charge < -0.3 is 9.64 Å². The van der Waals surface area contributed by atoms with Crippen molar-refractivity contribution in [2.45, 2.75) is 17.9 Å². The molecule has 98 valence electrons. The van der Waals surface area contributed by atoms with Gasteiger partial charge in [0.05, 0.1) is 9.30 Å². The van der Waals surface area contributed by atoms with Crippen LogP contribution >= 0.6 is 31.9 Å². The third-order valence-corrected chi connectivity index (χ3v) is 4.09. The summed E-state index contributed by atoms with van der Waals surface area (Å²) < 4.78 is 29.2. The first-order valence-electron chi connectivity index (χ1n) is 5.19. The van der Waals surface area contributed by atoms with Crippen molar-refractivity contribution in [1.29, 1.82) is 0 Å². The molecular weight excluding hydrogens is 376 g/mol. The number of carbonyl (C=O) groups excluding carboxylic acids is 1. The molecule has 1 fully saturated rings. The monoisotopic (exact) mass is 383 g/mol. The van der Waals surface area contributed by atoms with Crippen molar-refractivity contribution in [1.82, 2.24) is 0 Å². The first-order valence-corrected chi connectivity index (χ1v) is 6.89. The van der Waals surface area contributed by atoms with Gasteiger partial charge in [-0.25, -0.2) is 0 Å². The first-order chi connectivity index (χ1) is 8.49. The second-order valence-electron chi connectivity index (χ2n) is 3.74. The lowest BCUT2D eigenvalue weighted by Crippen LogP contribution is -2.27. The highest BCUT2D eigenvalue weighted by Crippen LogP contribution is 2.33. The molecular formula is C11H9Br2F2NO2. The van der Waals surface area contributed by atoms with Gasteiger partial charge in [-0.1, -0.05) is 15.9 Å². The van der Waals surface area contributed by atoms with Crippen LogP contribution in [0, 0.1) is 0 Å². The van der Waals surface area contributed by atoms with Gasteiger partial charge in [-0.3, -0.25) is 4.79 Å². The average molecular weight is 385 g/mol. The third-order valence-electron chi connectivity index (χ3n) is 2.58. The Balaban J connectivity index is 2.27. The summed E-state index contributed by atoms with van der Waals surface area (Å²) in [5.74, 6) is -0.0476. The highest BCUT2D eigenvalue weighted by atomic mass is 79.9. The molecule has 1 heterocycles. The van der Waals surface area contributed by atoms with Crippen LogP contribution in [0.3, 0.4) is 0 Å². The fourth-order valence-electron chi connectivity index (χ4n) is 1.75. The number of ether oxygens (including phenoxy) is 1. The number of hydrogen-bond acceptors (Lipinski definition) is 2. The van der Waals surface area contributed by atoms with E-state index in [0.29, 0.717) is 23.1 Å². The van der Waals surface area contributed by atoms with Gasteiger partial charge in [0.15, 0.2) is 0 Å². The molecule has 1 saturated heterocycles. The summed E-state index contributed by atoms with van der Waals surface area (Å²) in [5.41, 5.74) is 0.556. The predicted octanol–water partition coefficient (Wildman–Crippen LogP) is 3.55. The summed E-state index contributed by atoms with van der Waals surface area (Å²) in [6, 6.07) is 4.70. The largest absolute Gasteiger partial charge is 0.434 e. The van der Waals surface area contributed by atoms with Crippen LogP contribution in [0.5, 0.6) is 5.75 Å². The third kappa shape index (κ3) is 2.83. The number of hydrogen-bond donors (Lipinski definition) is 0. The van der Waals surface area contributed by atoms with Crippen LogP contribution in [0.4, 0.5) is 14.5 Å². The number of halogens is 4. The van der Waals surface area contributed by atoms with Crippen LogP contribution in [0.2, 0.25) is 0 Å². The zero-order valence-corrected chi connectivity index (χ0v) is 12.2. The van der Waals surface area contributed by atoms with E-state index >= 15 is 0 Å². The highest BCUT2D eigenvalue weighted by Gasteiger charge is 2.30. The van der Waals surface area contributed by atoms with E-state index in [1.54, 1.807) is 17.0 Å². The predicted molar refractivity (Wildman–Crippen MR) is 70.5 cm³/mol. The van der Waals surface area contributed by atoms with E-state index in [9.17, 15) is 13.6 Å². The Morgan fingerprint density at radius 2 is 2.17 bits per heavy atom. The molecule has 1 aromatic carbocycles. The SMILES string of the molecule is O=C1C(Br)CCN1c1ccc(Br)c(OC(F)F)c1. The molecule has 0 N–H and O–H groups in total. The number of amides is 1. The molecule has 1 unspecified atom stereocenters. The van der Waals surface area contributed by atoms with E-state index in [1.165, 1.54) is 6.07 Å². The molecule has 18 heavy (non-hydrogen) atoms. The summed E-state index contributed by atoms with van der Waals surface area (Å²) in [6.45, 7) is -2.33. The number of rotatable bonds is 3. The van der Waals surface area contributed by atoms with Gasteiger partial charge in [0.2, 0.25) is 5.91 Å². The summed E-state index contributed by atoms with van der Waals surface area (Å²) in [4.78, 5) is 13.1. The lowest BCUT2D eigenvalue weighted by Gasteiger charge is -2.17. The van der Waals surface area contributed by atoms with Crippen molar-refractivity contribution < 1.29 is 18.3 Å². The fourth-order valence-corrected chi connectivity index (χ4v) is 2.54. The fraction of sp³-hybridized carbons (Fsp3) is 0.364. The van der Waals surface area contributed by atoms with E-state index in [0.717, 1.165) is 0 Å². The molecule has 0 bridgehead atoms. The van der Waals surface area contributed by atoms with Crippen molar-refractivity contribution in [2.24, 2.45) is 0 Å². The van der Waals surface area contributed by atoms with Crippen LogP contribution in [0.1, 0.15) is 6.42 Å². The maximum Gasteiger partial charge on any atom is 0.387 e. The summed E-state index contributed by atoms with van der Waals surface area (Å²) in [5, 5.41) is 0. The minimum atomic E-state index is -2.89. The average Bonchev–Trinajstić information content (AvgIpc) is 2.63. The van der Waals surface area contributed by atoms with Gasteiger partial charge in [-0.15, -0.1) is 0 Å². The number of anilines is 1. The zero-order chi connectivity index (χ0) is 13.3. The van der Waals surface area contributed by atoms with Crippen LogP contribution in [0.15, 0.2) is 22.7 Å². The van der Waals surface area contributed by atoms with Crippen molar-refractivity contribution >= 4 is 43.5 Å². The van der Waals surface area contributed by atoms with Crippen molar-refractivity contribution in [3.8, 4) is 5.75 Å². The van der Waals surface area contributed by atoms with E-state index in [2.05, 4.69) is 36.6 Å². The van der Waals surface area contributed by atoms with E-state index < -0.39 is 6.61 Å². The summed E-state index contributed by atoms with van der Waals surface area (Å²) >= 11 is 6.39. The molecule has 0 saturated carbocycles. The van der Waals surface area contributed by atoms with Crippen molar-refractivity contribution in [3.05, 3.63) is 22.7 Å². The molecule has 0 aromatic heterocycles. The van der Waals surface area contributed by atoms with Crippen LogP contribution in [0.25, 0.3) is 0 Å². The smallest absolute Gasteiger partial charge is 0.387 e. The second kappa shape index (κ2) is 5.52. The molecule has 1 amide bonds. The number of alkyl halides is 3. The molecule has 1 aliphatic rings.